The van der Waals surface area contributed by atoms with Crippen LogP contribution in [0.4, 0.5) is 0 Å². The lowest BCUT2D eigenvalue weighted by Crippen LogP contribution is -2.25. The normalized spacial score (nSPS) is 15.9. The number of rotatable bonds is 4. The second-order valence-corrected chi connectivity index (χ2v) is 8.30. The third kappa shape index (κ3) is 3.08. The van der Waals surface area contributed by atoms with Crippen molar-refractivity contribution in [1.29, 1.82) is 0 Å². The molecule has 1 aromatic carbocycles. The van der Waals surface area contributed by atoms with Gasteiger partial charge in [-0.1, -0.05) is 18.2 Å². The van der Waals surface area contributed by atoms with E-state index in [4.69, 9.17) is 4.74 Å². The Balaban J connectivity index is 1.66. The summed E-state index contributed by atoms with van der Waals surface area (Å²) in [4.78, 5) is 1.34. The first-order valence-electron chi connectivity index (χ1n) is 6.78. The van der Waals surface area contributed by atoms with Gasteiger partial charge in [-0.2, -0.15) is 0 Å². The summed E-state index contributed by atoms with van der Waals surface area (Å²) in [7, 11) is 0. The molecular weight excluding hydrogens is 334 g/mol. The fourth-order valence-electron chi connectivity index (χ4n) is 2.59. The van der Waals surface area contributed by atoms with Crippen LogP contribution < -0.4 is 10.1 Å². The largest absolute Gasteiger partial charge is 0.487 e. The Hall–Kier alpha value is -0.840. The first-order chi connectivity index (χ1) is 9.53. The summed E-state index contributed by atoms with van der Waals surface area (Å²) in [6, 6.07) is 10.7. The van der Waals surface area contributed by atoms with Gasteiger partial charge in [0.15, 0.2) is 0 Å². The van der Waals surface area contributed by atoms with Gasteiger partial charge in [-0.15, -0.1) is 11.3 Å². The van der Waals surface area contributed by atoms with Crippen LogP contribution in [0.3, 0.4) is 0 Å². The number of thiophene rings is 1. The maximum atomic E-state index is 6.09. The maximum Gasteiger partial charge on any atom is 0.127 e. The molecule has 0 amide bonds. The smallest absolute Gasteiger partial charge is 0.127 e. The third-order valence-corrected chi connectivity index (χ3v) is 5.04. The molecule has 2 aromatic rings. The average Bonchev–Trinajstić information content (AvgIpc) is 2.91. The number of halogens is 1. The molecule has 0 fully saturated rings. The van der Waals surface area contributed by atoms with Crippen LogP contribution in [0, 0.1) is 0 Å². The highest BCUT2D eigenvalue weighted by Gasteiger charge is 2.31. The van der Waals surface area contributed by atoms with Crippen LogP contribution in [-0.4, -0.2) is 5.60 Å². The van der Waals surface area contributed by atoms with E-state index in [2.05, 4.69) is 65.4 Å². The number of hydrogen-bond donors (Lipinski definition) is 1. The van der Waals surface area contributed by atoms with Gasteiger partial charge in [0.2, 0.25) is 0 Å². The molecule has 20 heavy (non-hydrogen) atoms. The molecule has 0 atom stereocenters. The van der Waals surface area contributed by atoms with Gasteiger partial charge in [-0.3, -0.25) is 0 Å². The topological polar surface area (TPSA) is 21.3 Å². The molecule has 1 aliphatic rings. The molecule has 0 bridgehead atoms. The molecule has 0 spiro atoms. The Kier molecular flexibility index (Phi) is 3.89. The summed E-state index contributed by atoms with van der Waals surface area (Å²) in [5, 5.41) is 3.50. The highest BCUT2D eigenvalue weighted by atomic mass is 79.9. The third-order valence-electron chi connectivity index (χ3n) is 3.42. The SMILES string of the molecule is CC1(C)Cc2cccc(CNCc3ccc(Br)s3)c2O1. The number of nitrogens with one attached hydrogen (secondary N) is 1. The lowest BCUT2D eigenvalue weighted by Gasteiger charge is -2.18. The van der Waals surface area contributed by atoms with Crippen LogP contribution in [0.2, 0.25) is 0 Å². The molecule has 2 heterocycles. The van der Waals surface area contributed by atoms with Gasteiger partial charge in [0, 0.05) is 30.0 Å². The van der Waals surface area contributed by atoms with E-state index in [-0.39, 0.29) is 5.60 Å². The number of hydrogen-bond acceptors (Lipinski definition) is 3. The summed E-state index contributed by atoms with van der Waals surface area (Å²) in [5.41, 5.74) is 2.51. The molecule has 0 aliphatic carbocycles. The lowest BCUT2D eigenvalue weighted by atomic mass is 10.0. The first-order valence-corrected chi connectivity index (χ1v) is 8.39. The van der Waals surface area contributed by atoms with Crippen molar-refractivity contribution >= 4 is 27.3 Å². The van der Waals surface area contributed by atoms with E-state index in [1.807, 2.05) is 0 Å². The van der Waals surface area contributed by atoms with E-state index >= 15 is 0 Å². The zero-order chi connectivity index (χ0) is 14.2. The van der Waals surface area contributed by atoms with Crippen molar-refractivity contribution in [3.8, 4) is 5.75 Å². The summed E-state index contributed by atoms with van der Waals surface area (Å²) in [6.07, 6.45) is 0.994. The molecule has 3 rings (SSSR count). The van der Waals surface area contributed by atoms with E-state index in [0.29, 0.717) is 0 Å². The Labute approximate surface area is 132 Å². The summed E-state index contributed by atoms with van der Waals surface area (Å²) >= 11 is 5.26. The fourth-order valence-corrected chi connectivity index (χ4v) is 4.04. The minimum Gasteiger partial charge on any atom is -0.487 e. The van der Waals surface area contributed by atoms with Gasteiger partial charge in [0.1, 0.15) is 11.4 Å². The molecule has 2 nitrogen and oxygen atoms in total. The van der Waals surface area contributed by atoms with Crippen molar-refractivity contribution in [3.63, 3.8) is 0 Å². The molecule has 4 heteroatoms. The summed E-state index contributed by atoms with van der Waals surface area (Å²) < 4.78 is 7.27. The predicted molar refractivity (Wildman–Crippen MR) is 87.4 cm³/mol. The molecule has 1 N–H and O–H groups in total. The van der Waals surface area contributed by atoms with Gasteiger partial charge < -0.3 is 10.1 Å². The second kappa shape index (κ2) is 5.51. The van der Waals surface area contributed by atoms with E-state index < -0.39 is 0 Å². The zero-order valence-electron chi connectivity index (χ0n) is 11.7. The summed E-state index contributed by atoms with van der Waals surface area (Å²) in [5.74, 6) is 1.08. The standard InChI is InChI=1S/C16H18BrNOS/c1-16(2)8-11-4-3-5-12(15(11)19-16)9-18-10-13-6-7-14(17)20-13/h3-7,18H,8-10H2,1-2H3. The Morgan fingerprint density at radius 1 is 1.25 bits per heavy atom. The highest BCUT2D eigenvalue weighted by Crippen LogP contribution is 2.37. The van der Waals surface area contributed by atoms with Crippen molar-refractivity contribution in [3.05, 3.63) is 50.1 Å². The van der Waals surface area contributed by atoms with Crippen molar-refractivity contribution in [2.24, 2.45) is 0 Å². The minimum atomic E-state index is -0.0724. The minimum absolute atomic E-state index is 0.0724. The van der Waals surface area contributed by atoms with Gasteiger partial charge >= 0.3 is 0 Å². The maximum absolute atomic E-state index is 6.09. The molecule has 0 unspecified atom stereocenters. The molecule has 1 aromatic heterocycles. The molecule has 0 radical (unpaired) electrons. The van der Waals surface area contributed by atoms with E-state index in [1.165, 1.54) is 19.8 Å². The molecule has 0 saturated heterocycles. The number of fused-ring (bicyclic) bond motifs is 1. The highest BCUT2D eigenvalue weighted by molar-refractivity contribution is 9.11. The molecule has 0 saturated carbocycles. The second-order valence-electron chi connectivity index (χ2n) is 5.75. The van der Waals surface area contributed by atoms with Crippen molar-refractivity contribution in [1.82, 2.24) is 5.32 Å². The fraction of sp³-hybridized carbons (Fsp3) is 0.375. The van der Waals surface area contributed by atoms with Crippen molar-refractivity contribution < 1.29 is 4.74 Å². The molecule has 106 valence electrons. The van der Waals surface area contributed by atoms with Crippen LogP contribution in [0.25, 0.3) is 0 Å². The first kappa shape index (κ1) is 14.1. The Morgan fingerprint density at radius 2 is 2.10 bits per heavy atom. The van der Waals surface area contributed by atoms with Gasteiger partial charge in [-0.25, -0.2) is 0 Å². The monoisotopic (exact) mass is 351 g/mol. The summed E-state index contributed by atoms with van der Waals surface area (Å²) in [6.45, 7) is 6.03. The van der Waals surface area contributed by atoms with Crippen LogP contribution in [0.1, 0.15) is 29.9 Å². The lowest BCUT2D eigenvalue weighted by molar-refractivity contribution is 0.137. The number of benzene rings is 1. The Morgan fingerprint density at radius 3 is 2.85 bits per heavy atom. The number of para-hydroxylation sites is 1. The quantitative estimate of drug-likeness (QED) is 0.874. The van der Waals surface area contributed by atoms with Crippen molar-refractivity contribution in [2.75, 3.05) is 0 Å². The molecular formula is C16H18BrNOS. The van der Waals surface area contributed by atoms with E-state index in [9.17, 15) is 0 Å². The van der Waals surface area contributed by atoms with Crippen LogP contribution in [-0.2, 0) is 19.5 Å². The van der Waals surface area contributed by atoms with Gasteiger partial charge in [0.05, 0.1) is 3.79 Å². The predicted octanol–water partition coefficient (Wildman–Crippen LogP) is 4.51. The average molecular weight is 352 g/mol. The Bertz CT molecular complexity index is 621. The van der Waals surface area contributed by atoms with Crippen molar-refractivity contribution in [2.45, 2.75) is 39.0 Å². The molecule has 1 aliphatic heterocycles. The van der Waals surface area contributed by atoms with E-state index in [1.54, 1.807) is 11.3 Å². The van der Waals surface area contributed by atoms with Crippen LogP contribution in [0.5, 0.6) is 5.75 Å². The zero-order valence-corrected chi connectivity index (χ0v) is 14.1. The van der Waals surface area contributed by atoms with Gasteiger partial charge in [-0.05, 0) is 47.5 Å². The van der Waals surface area contributed by atoms with E-state index in [0.717, 1.165) is 25.3 Å². The van der Waals surface area contributed by atoms with Gasteiger partial charge in [0.25, 0.3) is 0 Å². The van der Waals surface area contributed by atoms with Crippen LogP contribution in [0.15, 0.2) is 34.1 Å². The number of ether oxygens (including phenoxy) is 1. The van der Waals surface area contributed by atoms with Crippen LogP contribution >= 0.6 is 27.3 Å².